The first-order chi connectivity index (χ1) is 14.2. The molecule has 0 saturated carbocycles. The molecule has 3 rings (SSSR count). The molecule has 0 aromatic heterocycles. The van der Waals surface area contributed by atoms with Crippen molar-refractivity contribution in [2.45, 2.75) is 17.7 Å². The highest BCUT2D eigenvalue weighted by molar-refractivity contribution is 7.89. The predicted octanol–water partition coefficient (Wildman–Crippen LogP) is 2.93. The Morgan fingerprint density at radius 3 is 2.03 bits per heavy atom. The van der Waals surface area contributed by atoms with Gasteiger partial charge >= 0.3 is 6.03 Å². The van der Waals surface area contributed by atoms with Crippen LogP contribution in [0.4, 0.5) is 27.5 Å². The molecule has 13 heteroatoms. The van der Waals surface area contributed by atoms with Crippen LogP contribution < -0.4 is 10.6 Å². The van der Waals surface area contributed by atoms with Crippen LogP contribution in [0.3, 0.4) is 0 Å². The first-order valence-electron chi connectivity index (χ1n) is 8.79. The van der Waals surface area contributed by atoms with Gasteiger partial charge in [0.25, 0.3) is 11.4 Å². The van der Waals surface area contributed by atoms with Crippen LogP contribution in [0.1, 0.15) is 12.8 Å². The molecule has 0 spiro atoms. The number of nitrogens with one attached hydrogen (secondary N) is 2. The molecule has 0 unspecified atom stereocenters. The molecule has 1 aliphatic heterocycles. The van der Waals surface area contributed by atoms with Gasteiger partial charge < -0.3 is 10.6 Å². The monoisotopic (exact) mass is 435 g/mol. The van der Waals surface area contributed by atoms with Gasteiger partial charge in [0.2, 0.25) is 10.0 Å². The Morgan fingerprint density at radius 1 is 0.900 bits per heavy atom. The lowest BCUT2D eigenvalue weighted by molar-refractivity contribution is -0.394. The Labute approximate surface area is 170 Å². The van der Waals surface area contributed by atoms with Gasteiger partial charge in [-0.1, -0.05) is 6.07 Å². The molecule has 12 nitrogen and oxygen atoms in total. The molecule has 2 aromatic rings. The number of hydrogen-bond donors (Lipinski definition) is 2. The van der Waals surface area contributed by atoms with E-state index in [4.69, 9.17) is 0 Å². The van der Waals surface area contributed by atoms with Crippen LogP contribution in [0.15, 0.2) is 47.4 Å². The zero-order valence-electron chi connectivity index (χ0n) is 15.5. The SMILES string of the molecule is O=C(Nc1cc([N+](=O)[O-])cc([N+](=O)[O-])c1)Nc1cccc(S(=O)(=O)N2CCCC2)c1. The number of carbonyl (C=O) groups excluding carboxylic acids is 1. The molecule has 0 aliphatic carbocycles. The molecule has 158 valence electrons. The number of hydrogen-bond acceptors (Lipinski definition) is 7. The standard InChI is InChI=1S/C17H17N5O7S/c23-17(19-13-8-14(21(24)25)11-15(9-13)22(26)27)18-12-4-3-5-16(10-12)30(28,29)20-6-1-2-7-20/h3-5,8-11H,1-2,6-7H2,(H2,18,19,23). The number of benzene rings is 2. The predicted molar refractivity (Wildman–Crippen MR) is 107 cm³/mol. The van der Waals surface area contributed by atoms with Gasteiger partial charge in [-0.25, -0.2) is 13.2 Å². The Hall–Kier alpha value is -3.58. The van der Waals surface area contributed by atoms with Crippen molar-refractivity contribution < 1.29 is 23.1 Å². The summed E-state index contributed by atoms with van der Waals surface area (Å²) in [5, 5.41) is 26.6. The van der Waals surface area contributed by atoms with E-state index in [9.17, 15) is 33.4 Å². The van der Waals surface area contributed by atoms with Crippen molar-refractivity contribution in [1.29, 1.82) is 0 Å². The smallest absolute Gasteiger partial charge is 0.308 e. The van der Waals surface area contributed by atoms with E-state index in [0.29, 0.717) is 13.1 Å². The molecule has 1 fully saturated rings. The maximum atomic E-state index is 12.6. The van der Waals surface area contributed by atoms with Crippen molar-refractivity contribution in [3.05, 3.63) is 62.7 Å². The van der Waals surface area contributed by atoms with Crippen LogP contribution in [-0.2, 0) is 10.0 Å². The van der Waals surface area contributed by atoms with Gasteiger partial charge in [0, 0.05) is 30.9 Å². The summed E-state index contributed by atoms with van der Waals surface area (Å²) < 4.78 is 26.6. The third kappa shape index (κ3) is 4.69. The van der Waals surface area contributed by atoms with Crippen molar-refractivity contribution in [3.63, 3.8) is 0 Å². The number of nitro benzene ring substituents is 2. The summed E-state index contributed by atoms with van der Waals surface area (Å²) in [7, 11) is -3.67. The highest BCUT2D eigenvalue weighted by Crippen LogP contribution is 2.26. The van der Waals surface area contributed by atoms with Gasteiger partial charge in [-0.15, -0.1) is 0 Å². The van der Waals surface area contributed by atoms with E-state index in [1.165, 1.54) is 28.6 Å². The van der Waals surface area contributed by atoms with E-state index in [2.05, 4.69) is 10.6 Å². The van der Waals surface area contributed by atoms with Gasteiger partial charge in [-0.3, -0.25) is 20.2 Å². The summed E-state index contributed by atoms with van der Waals surface area (Å²) in [4.78, 5) is 32.5. The van der Waals surface area contributed by atoms with E-state index in [1.807, 2.05) is 0 Å². The van der Waals surface area contributed by atoms with E-state index in [-0.39, 0.29) is 16.3 Å². The molecule has 30 heavy (non-hydrogen) atoms. The fraction of sp³-hybridized carbons (Fsp3) is 0.235. The molecular formula is C17H17N5O7S. The maximum Gasteiger partial charge on any atom is 0.323 e. The van der Waals surface area contributed by atoms with Gasteiger partial charge in [0.15, 0.2) is 0 Å². The van der Waals surface area contributed by atoms with Crippen molar-refractivity contribution in [3.8, 4) is 0 Å². The van der Waals surface area contributed by atoms with Crippen LogP contribution in [0, 0.1) is 20.2 Å². The average molecular weight is 435 g/mol. The second-order valence-corrected chi connectivity index (χ2v) is 8.41. The van der Waals surface area contributed by atoms with Crippen LogP contribution in [0.5, 0.6) is 0 Å². The number of nitro groups is 2. The van der Waals surface area contributed by atoms with E-state index >= 15 is 0 Å². The Kier molecular flexibility index (Phi) is 5.94. The van der Waals surface area contributed by atoms with E-state index < -0.39 is 37.3 Å². The van der Waals surface area contributed by atoms with Crippen molar-refractivity contribution in [1.82, 2.24) is 4.31 Å². The van der Waals surface area contributed by atoms with Gasteiger partial charge in [0.05, 0.1) is 26.5 Å². The normalized spacial score (nSPS) is 14.3. The number of sulfonamides is 1. The number of rotatable bonds is 6. The minimum Gasteiger partial charge on any atom is -0.308 e. The number of amides is 2. The molecule has 2 amide bonds. The number of carbonyl (C=O) groups is 1. The van der Waals surface area contributed by atoms with Crippen LogP contribution >= 0.6 is 0 Å². The van der Waals surface area contributed by atoms with E-state index in [0.717, 1.165) is 31.0 Å². The topological polar surface area (TPSA) is 165 Å². The van der Waals surface area contributed by atoms with Crippen molar-refractivity contribution in [2.24, 2.45) is 0 Å². The lowest BCUT2D eigenvalue weighted by Crippen LogP contribution is -2.28. The summed E-state index contributed by atoms with van der Waals surface area (Å²) in [6, 6.07) is 7.52. The number of nitrogens with zero attached hydrogens (tertiary/aromatic N) is 3. The summed E-state index contributed by atoms with van der Waals surface area (Å²) in [5.74, 6) is 0. The average Bonchev–Trinajstić information content (AvgIpc) is 3.23. The van der Waals surface area contributed by atoms with Gasteiger partial charge in [0.1, 0.15) is 0 Å². The molecule has 0 atom stereocenters. The first-order valence-corrected chi connectivity index (χ1v) is 10.2. The molecule has 2 aromatic carbocycles. The Morgan fingerprint density at radius 2 is 1.47 bits per heavy atom. The third-order valence-corrected chi connectivity index (χ3v) is 6.27. The highest BCUT2D eigenvalue weighted by atomic mass is 32.2. The zero-order valence-corrected chi connectivity index (χ0v) is 16.3. The number of anilines is 2. The maximum absolute atomic E-state index is 12.6. The summed E-state index contributed by atoms with van der Waals surface area (Å²) in [5.41, 5.74) is -1.10. The second-order valence-electron chi connectivity index (χ2n) is 6.47. The highest BCUT2D eigenvalue weighted by Gasteiger charge is 2.27. The molecule has 1 heterocycles. The summed E-state index contributed by atoms with van der Waals surface area (Å²) >= 11 is 0. The Bertz CT molecular complexity index is 1080. The van der Waals surface area contributed by atoms with Crippen LogP contribution in [0.25, 0.3) is 0 Å². The van der Waals surface area contributed by atoms with Crippen molar-refractivity contribution in [2.75, 3.05) is 23.7 Å². The lowest BCUT2D eigenvalue weighted by Gasteiger charge is -2.16. The molecule has 2 N–H and O–H groups in total. The third-order valence-electron chi connectivity index (χ3n) is 4.38. The molecule has 1 saturated heterocycles. The molecular weight excluding hydrogens is 418 g/mol. The van der Waals surface area contributed by atoms with E-state index in [1.54, 1.807) is 0 Å². The zero-order chi connectivity index (χ0) is 21.9. The minimum absolute atomic E-state index is 0.0215. The van der Waals surface area contributed by atoms with Gasteiger partial charge in [-0.2, -0.15) is 4.31 Å². The fourth-order valence-electron chi connectivity index (χ4n) is 2.98. The number of non-ortho nitro benzene ring substituents is 2. The number of urea groups is 1. The Balaban J connectivity index is 1.77. The first kappa shape index (κ1) is 21.1. The van der Waals surface area contributed by atoms with Crippen LogP contribution in [0.2, 0.25) is 0 Å². The van der Waals surface area contributed by atoms with Gasteiger partial charge in [-0.05, 0) is 31.0 Å². The second kappa shape index (κ2) is 8.42. The molecule has 1 aliphatic rings. The fourth-order valence-corrected chi connectivity index (χ4v) is 4.55. The van der Waals surface area contributed by atoms with Crippen molar-refractivity contribution >= 4 is 38.8 Å². The minimum atomic E-state index is -3.67. The summed E-state index contributed by atoms with van der Waals surface area (Å²) in [6.45, 7) is 0.873. The quantitative estimate of drug-likeness (QED) is 0.520. The largest absolute Gasteiger partial charge is 0.323 e. The molecule has 0 bridgehead atoms. The van der Waals surface area contributed by atoms with Crippen LogP contribution in [-0.4, -0.2) is 41.7 Å². The molecule has 0 radical (unpaired) electrons. The lowest BCUT2D eigenvalue weighted by atomic mass is 10.2. The summed E-state index contributed by atoms with van der Waals surface area (Å²) in [6.07, 6.45) is 1.57.